The van der Waals surface area contributed by atoms with Crippen molar-refractivity contribution in [3.8, 4) is 11.9 Å². The Balaban J connectivity index is 1.34. The zero-order chi connectivity index (χ0) is 26.2. The predicted molar refractivity (Wildman–Crippen MR) is 140 cm³/mol. The van der Waals surface area contributed by atoms with Crippen molar-refractivity contribution >= 4 is 22.7 Å². The van der Waals surface area contributed by atoms with Gasteiger partial charge in [0.1, 0.15) is 5.39 Å². The molecular formula is C28H27FN8O. The van der Waals surface area contributed by atoms with E-state index in [0.717, 1.165) is 31.5 Å². The molecule has 0 amide bonds. The molecular weight excluding hydrogens is 483 g/mol. The molecule has 10 heteroatoms. The molecule has 3 aromatic heterocycles. The Kier molecular flexibility index (Phi) is 4.82. The van der Waals surface area contributed by atoms with Gasteiger partial charge in [0.25, 0.3) is 5.56 Å². The first-order valence-corrected chi connectivity index (χ1v) is 13.0. The summed E-state index contributed by atoms with van der Waals surface area (Å²) in [5, 5.41) is 16.8. The molecule has 2 aliphatic carbocycles. The second-order valence-electron chi connectivity index (χ2n) is 11.1. The molecule has 2 saturated carbocycles. The maximum absolute atomic E-state index is 15.3. The Morgan fingerprint density at radius 1 is 1.21 bits per heavy atom. The number of pyridine rings is 1. The number of nitrogens with zero attached hydrogens (tertiary/aromatic N) is 6. The lowest BCUT2D eigenvalue weighted by atomic mass is 9.91. The minimum atomic E-state index is -0.932. The molecule has 0 unspecified atom stereocenters. The van der Waals surface area contributed by atoms with Gasteiger partial charge in [-0.15, -0.1) is 0 Å². The Hall–Kier alpha value is -4.10. The first-order valence-electron chi connectivity index (χ1n) is 13.0. The monoisotopic (exact) mass is 510 g/mol. The molecule has 1 spiro atoms. The molecule has 2 fully saturated rings. The van der Waals surface area contributed by atoms with Gasteiger partial charge in [-0.3, -0.25) is 4.79 Å². The van der Waals surface area contributed by atoms with Crippen LogP contribution >= 0.6 is 0 Å². The zero-order valence-corrected chi connectivity index (χ0v) is 21.3. The molecule has 4 heterocycles. The summed E-state index contributed by atoms with van der Waals surface area (Å²) in [5.41, 5.74) is 3.16. The topological polar surface area (TPSA) is 113 Å². The SMILES string of the molecule is CC(C)(C#N)c1ccc(F)c(-n2c3nc(Nc4ccc5c(c4)CCNC54CC4)ncc3c(=O)n2C2CC2)n1. The van der Waals surface area contributed by atoms with E-state index in [1.807, 2.05) is 6.07 Å². The van der Waals surface area contributed by atoms with Crippen molar-refractivity contribution in [2.75, 3.05) is 11.9 Å². The van der Waals surface area contributed by atoms with E-state index in [-0.39, 0.29) is 28.6 Å². The lowest BCUT2D eigenvalue weighted by molar-refractivity contribution is 0.490. The quantitative estimate of drug-likeness (QED) is 0.415. The number of rotatable bonds is 5. The third kappa shape index (κ3) is 3.53. The van der Waals surface area contributed by atoms with Crippen LogP contribution in [0.3, 0.4) is 0 Å². The first kappa shape index (κ1) is 23.0. The molecule has 2 N–H and O–H groups in total. The van der Waals surface area contributed by atoms with Crippen LogP contribution in [0.2, 0.25) is 0 Å². The van der Waals surface area contributed by atoms with Crippen molar-refractivity contribution in [2.24, 2.45) is 0 Å². The van der Waals surface area contributed by atoms with Crippen LogP contribution in [0.25, 0.3) is 16.9 Å². The van der Waals surface area contributed by atoms with E-state index in [2.05, 4.69) is 43.8 Å². The summed E-state index contributed by atoms with van der Waals surface area (Å²) < 4.78 is 18.3. The molecule has 0 saturated heterocycles. The standard InChI is InChI=1S/C28H27FN8O/c1-27(2,15-30)22-8-7-21(29)24(34-22)37-23-19(25(38)36(37)18-4-5-18)14-31-26(35-23)33-17-3-6-20-16(13-17)9-12-32-28(20)10-11-28/h3,6-8,13-14,18,32H,4-5,9-12H2,1-2H3,(H,31,33,35). The van der Waals surface area contributed by atoms with Crippen LogP contribution < -0.4 is 16.2 Å². The molecule has 0 atom stereocenters. The maximum Gasteiger partial charge on any atom is 0.278 e. The number of hydrogen-bond acceptors (Lipinski definition) is 7. The van der Waals surface area contributed by atoms with E-state index in [1.54, 1.807) is 13.8 Å². The fourth-order valence-electron chi connectivity index (χ4n) is 5.47. The van der Waals surface area contributed by atoms with E-state index in [9.17, 15) is 10.1 Å². The molecule has 1 aliphatic heterocycles. The number of fused-ring (bicyclic) bond motifs is 3. The second-order valence-corrected chi connectivity index (χ2v) is 11.1. The fraction of sp³-hybridized carbons (Fsp3) is 0.393. The van der Waals surface area contributed by atoms with E-state index in [1.165, 1.54) is 51.7 Å². The van der Waals surface area contributed by atoms with Gasteiger partial charge in [-0.25, -0.2) is 23.7 Å². The van der Waals surface area contributed by atoms with Gasteiger partial charge in [-0.2, -0.15) is 10.2 Å². The number of anilines is 2. The third-order valence-corrected chi connectivity index (χ3v) is 7.95. The number of aromatic nitrogens is 5. The first-order chi connectivity index (χ1) is 18.3. The summed E-state index contributed by atoms with van der Waals surface area (Å²) in [6.07, 6.45) is 6.40. The summed E-state index contributed by atoms with van der Waals surface area (Å²) in [7, 11) is 0. The summed E-state index contributed by atoms with van der Waals surface area (Å²) in [6, 6.07) is 11.3. The third-order valence-electron chi connectivity index (χ3n) is 7.95. The number of hydrogen-bond donors (Lipinski definition) is 2. The average Bonchev–Trinajstić information content (AvgIpc) is 3.85. The van der Waals surface area contributed by atoms with Crippen LogP contribution in [0.1, 0.15) is 62.4 Å². The molecule has 7 rings (SSSR count). The summed E-state index contributed by atoms with van der Waals surface area (Å²) in [4.78, 5) is 27.0. The van der Waals surface area contributed by atoms with Crippen LogP contribution in [0.5, 0.6) is 0 Å². The highest BCUT2D eigenvalue weighted by Gasteiger charge is 2.46. The minimum Gasteiger partial charge on any atom is -0.324 e. The van der Waals surface area contributed by atoms with Crippen LogP contribution in [0.15, 0.2) is 41.3 Å². The lowest BCUT2D eigenvalue weighted by Gasteiger charge is -2.27. The molecule has 192 valence electrons. The maximum atomic E-state index is 15.3. The van der Waals surface area contributed by atoms with Gasteiger partial charge in [-0.05, 0) is 81.3 Å². The number of nitrogens with one attached hydrogen (secondary N) is 2. The number of benzene rings is 1. The summed E-state index contributed by atoms with van der Waals surface area (Å²) >= 11 is 0. The van der Waals surface area contributed by atoms with Gasteiger partial charge in [0.2, 0.25) is 5.95 Å². The van der Waals surface area contributed by atoms with Gasteiger partial charge in [0, 0.05) is 24.0 Å². The molecule has 38 heavy (non-hydrogen) atoms. The molecule has 9 nitrogen and oxygen atoms in total. The summed E-state index contributed by atoms with van der Waals surface area (Å²) in [6.45, 7) is 4.41. The highest BCUT2D eigenvalue weighted by Crippen LogP contribution is 2.49. The molecule has 0 radical (unpaired) electrons. The number of halogens is 1. The fourth-order valence-corrected chi connectivity index (χ4v) is 5.47. The van der Waals surface area contributed by atoms with Crippen molar-refractivity contribution < 1.29 is 4.39 Å². The van der Waals surface area contributed by atoms with Crippen molar-refractivity contribution in [3.63, 3.8) is 0 Å². The normalized spacial score (nSPS) is 17.8. The minimum absolute atomic E-state index is 0.0505. The molecule has 0 bridgehead atoms. The highest BCUT2D eigenvalue weighted by molar-refractivity contribution is 5.77. The van der Waals surface area contributed by atoms with Gasteiger partial charge in [-0.1, -0.05) is 6.07 Å². The van der Waals surface area contributed by atoms with Crippen LogP contribution in [0, 0.1) is 17.1 Å². The largest absolute Gasteiger partial charge is 0.324 e. The van der Waals surface area contributed by atoms with Crippen molar-refractivity contribution in [1.29, 1.82) is 5.26 Å². The van der Waals surface area contributed by atoms with Gasteiger partial charge < -0.3 is 10.6 Å². The van der Waals surface area contributed by atoms with Crippen molar-refractivity contribution in [3.05, 3.63) is 69.5 Å². The Morgan fingerprint density at radius 2 is 2.03 bits per heavy atom. The number of nitriles is 1. The Labute approximate surface area is 218 Å². The van der Waals surface area contributed by atoms with Crippen LogP contribution in [-0.4, -0.2) is 30.9 Å². The molecule has 3 aliphatic rings. The van der Waals surface area contributed by atoms with Gasteiger partial charge in [0.15, 0.2) is 17.3 Å². The average molecular weight is 511 g/mol. The predicted octanol–water partition coefficient (Wildman–Crippen LogP) is 4.13. The highest BCUT2D eigenvalue weighted by atomic mass is 19.1. The van der Waals surface area contributed by atoms with E-state index >= 15 is 4.39 Å². The second kappa shape index (κ2) is 7.95. The van der Waals surface area contributed by atoms with Crippen LogP contribution in [-0.2, 0) is 17.4 Å². The Morgan fingerprint density at radius 3 is 2.76 bits per heavy atom. The summed E-state index contributed by atoms with van der Waals surface area (Å²) in [5.74, 6) is -0.340. The lowest BCUT2D eigenvalue weighted by Crippen LogP contribution is -2.36. The molecule has 1 aromatic carbocycles. The van der Waals surface area contributed by atoms with Gasteiger partial charge in [0.05, 0.1) is 23.2 Å². The van der Waals surface area contributed by atoms with Crippen LogP contribution in [0.4, 0.5) is 16.0 Å². The smallest absolute Gasteiger partial charge is 0.278 e. The van der Waals surface area contributed by atoms with Crippen molar-refractivity contribution in [1.82, 2.24) is 29.6 Å². The zero-order valence-electron chi connectivity index (χ0n) is 21.3. The van der Waals surface area contributed by atoms with E-state index in [0.29, 0.717) is 17.0 Å². The van der Waals surface area contributed by atoms with Gasteiger partial charge >= 0.3 is 0 Å². The van der Waals surface area contributed by atoms with Crippen molar-refractivity contribution in [2.45, 2.75) is 62.9 Å². The van der Waals surface area contributed by atoms with E-state index < -0.39 is 11.2 Å². The molecule has 4 aromatic rings. The Bertz CT molecular complexity index is 1720. The van der Waals surface area contributed by atoms with E-state index in [4.69, 9.17) is 0 Å².